The first kappa shape index (κ1) is 19.9. The molecule has 1 N–H and O–H groups in total. The fourth-order valence-electron chi connectivity index (χ4n) is 3.67. The summed E-state index contributed by atoms with van der Waals surface area (Å²) in [5, 5.41) is 10.3. The van der Waals surface area contributed by atoms with E-state index in [0.717, 1.165) is 43.4 Å². The second kappa shape index (κ2) is 9.43. The van der Waals surface area contributed by atoms with E-state index < -0.39 is 6.10 Å². The molecule has 7 heteroatoms. The van der Waals surface area contributed by atoms with Gasteiger partial charge in [-0.15, -0.1) is 0 Å². The molecule has 0 bridgehead atoms. The van der Waals surface area contributed by atoms with Crippen LogP contribution in [0, 0.1) is 5.82 Å². The van der Waals surface area contributed by atoms with Crippen LogP contribution in [0.15, 0.2) is 48.5 Å². The van der Waals surface area contributed by atoms with Gasteiger partial charge in [0.25, 0.3) is 0 Å². The van der Waals surface area contributed by atoms with Crippen LogP contribution < -0.4 is 14.4 Å². The number of para-hydroxylation sites is 2. The molecule has 0 unspecified atom stereocenters. The zero-order valence-electron chi connectivity index (χ0n) is 16.4. The first-order valence-corrected chi connectivity index (χ1v) is 10.0. The zero-order valence-corrected chi connectivity index (χ0v) is 16.4. The number of halogens is 1. The van der Waals surface area contributed by atoms with Crippen LogP contribution in [0.1, 0.15) is 0 Å². The highest BCUT2D eigenvalue weighted by Gasteiger charge is 2.22. The van der Waals surface area contributed by atoms with Gasteiger partial charge < -0.3 is 24.2 Å². The van der Waals surface area contributed by atoms with E-state index in [2.05, 4.69) is 9.80 Å². The minimum absolute atomic E-state index is 0.170. The third-order valence-corrected chi connectivity index (χ3v) is 5.21. The zero-order chi connectivity index (χ0) is 20.1. The Morgan fingerprint density at radius 1 is 1.03 bits per heavy atom. The molecule has 0 radical (unpaired) electrons. The van der Waals surface area contributed by atoms with Crippen LogP contribution in [0.25, 0.3) is 0 Å². The Hall–Kier alpha value is -2.35. The highest BCUT2D eigenvalue weighted by molar-refractivity contribution is 5.46. The number of aliphatic hydroxyl groups is 1. The maximum atomic E-state index is 13.1. The molecule has 2 heterocycles. The molecule has 0 spiro atoms. The Bertz CT molecular complexity index is 781. The predicted octanol–water partition coefficient (Wildman–Crippen LogP) is 2.17. The fraction of sp³-hybridized carbons (Fsp3) is 0.455. The molecule has 156 valence electrons. The number of benzene rings is 2. The normalized spacial score (nSPS) is 20.5. The van der Waals surface area contributed by atoms with Gasteiger partial charge in [-0.3, -0.25) is 4.90 Å². The van der Waals surface area contributed by atoms with Gasteiger partial charge >= 0.3 is 0 Å². The first-order chi connectivity index (χ1) is 14.2. The van der Waals surface area contributed by atoms with Gasteiger partial charge in [-0.05, 0) is 36.4 Å². The summed E-state index contributed by atoms with van der Waals surface area (Å²) < 4.78 is 30.3. The molecule has 0 aliphatic carbocycles. The lowest BCUT2D eigenvalue weighted by molar-refractivity contribution is -0.0292. The van der Waals surface area contributed by atoms with Gasteiger partial charge in [0.05, 0.1) is 19.3 Å². The number of β-amino-alcohol motifs (C(OH)–C–C–N with tert-alkyl or cyclic N) is 1. The highest BCUT2D eigenvalue weighted by Crippen LogP contribution is 2.30. The Morgan fingerprint density at radius 3 is 2.52 bits per heavy atom. The number of hydrogen-bond acceptors (Lipinski definition) is 6. The van der Waals surface area contributed by atoms with Crippen molar-refractivity contribution >= 4 is 5.69 Å². The minimum atomic E-state index is -0.552. The van der Waals surface area contributed by atoms with E-state index in [1.165, 1.54) is 12.1 Å². The van der Waals surface area contributed by atoms with Crippen molar-refractivity contribution in [2.75, 3.05) is 57.4 Å². The molecule has 2 aliphatic rings. The SMILES string of the molecule is O[C@@H](COC[C@H]1COc2ccccc2O1)CN1CCN(c2ccc(F)cc2)CC1. The Kier molecular flexibility index (Phi) is 6.49. The lowest BCUT2D eigenvalue weighted by Crippen LogP contribution is -2.49. The van der Waals surface area contributed by atoms with Crippen molar-refractivity contribution < 1.29 is 23.7 Å². The average Bonchev–Trinajstić information content (AvgIpc) is 2.75. The summed E-state index contributed by atoms with van der Waals surface area (Å²) in [6.45, 7) is 5.07. The summed E-state index contributed by atoms with van der Waals surface area (Å²) >= 11 is 0. The molecule has 0 aromatic heterocycles. The summed E-state index contributed by atoms with van der Waals surface area (Å²) in [5.74, 6) is 1.26. The van der Waals surface area contributed by atoms with Crippen molar-refractivity contribution in [3.63, 3.8) is 0 Å². The lowest BCUT2D eigenvalue weighted by Gasteiger charge is -2.37. The van der Waals surface area contributed by atoms with E-state index in [9.17, 15) is 9.50 Å². The predicted molar refractivity (Wildman–Crippen MR) is 108 cm³/mol. The second-order valence-electron chi connectivity index (χ2n) is 7.45. The molecule has 2 aromatic carbocycles. The third-order valence-electron chi connectivity index (χ3n) is 5.21. The van der Waals surface area contributed by atoms with Crippen LogP contribution in [-0.4, -0.2) is 74.8 Å². The number of rotatable bonds is 7. The van der Waals surface area contributed by atoms with Crippen molar-refractivity contribution in [3.05, 3.63) is 54.3 Å². The van der Waals surface area contributed by atoms with Crippen molar-refractivity contribution in [1.82, 2.24) is 4.90 Å². The maximum Gasteiger partial charge on any atom is 0.161 e. The van der Waals surface area contributed by atoms with Gasteiger partial charge in [-0.1, -0.05) is 12.1 Å². The summed E-state index contributed by atoms with van der Waals surface area (Å²) in [7, 11) is 0. The van der Waals surface area contributed by atoms with Gasteiger partial charge in [0.2, 0.25) is 0 Å². The quantitative estimate of drug-likeness (QED) is 0.766. The largest absolute Gasteiger partial charge is 0.486 e. The maximum absolute atomic E-state index is 13.1. The van der Waals surface area contributed by atoms with Crippen LogP contribution in [0.2, 0.25) is 0 Å². The summed E-state index contributed by atoms with van der Waals surface area (Å²) in [5.41, 5.74) is 1.03. The molecular formula is C22H27FN2O4. The topological polar surface area (TPSA) is 54.4 Å². The molecule has 29 heavy (non-hydrogen) atoms. The average molecular weight is 402 g/mol. The van der Waals surface area contributed by atoms with E-state index in [1.54, 1.807) is 0 Å². The molecule has 2 atom stereocenters. The van der Waals surface area contributed by atoms with Crippen molar-refractivity contribution in [2.45, 2.75) is 12.2 Å². The van der Waals surface area contributed by atoms with Gasteiger partial charge in [-0.25, -0.2) is 4.39 Å². The molecular weight excluding hydrogens is 375 g/mol. The van der Waals surface area contributed by atoms with E-state index >= 15 is 0 Å². The van der Waals surface area contributed by atoms with Crippen molar-refractivity contribution in [3.8, 4) is 11.5 Å². The number of nitrogens with zero attached hydrogens (tertiary/aromatic N) is 2. The number of ether oxygens (including phenoxy) is 3. The van der Waals surface area contributed by atoms with E-state index in [1.807, 2.05) is 36.4 Å². The van der Waals surface area contributed by atoms with E-state index in [4.69, 9.17) is 14.2 Å². The van der Waals surface area contributed by atoms with Gasteiger partial charge in [0.15, 0.2) is 17.6 Å². The van der Waals surface area contributed by atoms with E-state index in [0.29, 0.717) is 19.8 Å². The van der Waals surface area contributed by atoms with Crippen molar-refractivity contribution in [1.29, 1.82) is 0 Å². The van der Waals surface area contributed by atoms with Gasteiger partial charge in [-0.2, -0.15) is 0 Å². The van der Waals surface area contributed by atoms with Crippen LogP contribution in [0.3, 0.4) is 0 Å². The Morgan fingerprint density at radius 2 is 1.76 bits per heavy atom. The number of fused-ring (bicyclic) bond motifs is 1. The molecule has 2 aromatic rings. The summed E-state index contributed by atoms with van der Waals surface area (Å²) in [6, 6.07) is 14.2. The lowest BCUT2D eigenvalue weighted by atomic mass is 10.2. The van der Waals surface area contributed by atoms with Gasteiger partial charge in [0.1, 0.15) is 12.4 Å². The minimum Gasteiger partial charge on any atom is -0.486 e. The molecule has 0 amide bonds. The van der Waals surface area contributed by atoms with Crippen LogP contribution in [0.4, 0.5) is 10.1 Å². The summed E-state index contributed by atoms with van der Waals surface area (Å²) in [6.07, 6.45) is -0.722. The molecule has 2 aliphatic heterocycles. The molecule has 4 rings (SSSR count). The second-order valence-corrected chi connectivity index (χ2v) is 7.45. The molecule has 6 nitrogen and oxygen atoms in total. The van der Waals surface area contributed by atoms with Crippen LogP contribution >= 0.6 is 0 Å². The first-order valence-electron chi connectivity index (χ1n) is 10.0. The Balaban J connectivity index is 1.14. The fourth-order valence-corrected chi connectivity index (χ4v) is 3.67. The number of anilines is 1. The van der Waals surface area contributed by atoms with Crippen LogP contribution in [0.5, 0.6) is 11.5 Å². The summed E-state index contributed by atoms with van der Waals surface area (Å²) in [4.78, 5) is 4.46. The monoisotopic (exact) mass is 402 g/mol. The number of piperazine rings is 1. The number of aliphatic hydroxyl groups excluding tert-OH is 1. The molecule has 0 saturated carbocycles. The highest BCUT2D eigenvalue weighted by atomic mass is 19.1. The van der Waals surface area contributed by atoms with Gasteiger partial charge in [0, 0.05) is 38.4 Å². The third kappa shape index (κ3) is 5.38. The molecule has 1 saturated heterocycles. The van der Waals surface area contributed by atoms with Crippen LogP contribution in [-0.2, 0) is 4.74 Å². The van der Waals surface area contributed by atoms with Crippen molar-refractivity contribution in [2.24, 2.45) is 0 Å². The Labute approximate surface area is 170 Å². The van der Waals surface area contributed by atoms with E-state index in [-0.39, 0.29) is 18.5 Å². The molecule has 1 fully saturated rings. The number of hydrogen-bond donors (Lipinski definition) is 1. The smallest absolute Gasteiger partial charge is 0.161 e. The standard InChI is InChI=1S/C22H27FN2O4/c23-17-5-7-18(8-6-17)25-11-9-24(10-12-25)13-19(26)14-27-15-20-16-28-21-3-1-2-4-22(21)29-20/h1-8,19-20,26H,9-16H2/t19-,20+/m1/s1.